The van der Waals surface area contributed by atoms with Crippen LogP contribution in [-0.2, 0) is 0 Å². The predicted octanol–water partition coefficient (Wildman–Crippen LogP) is 2.19. The maximum absolute atomic E-state index is 11.8. The Morgan fingerprint density at radius 3 is 2.71 bits per heavy atom. The molecule has 1 aromatic heterocycles. The minimum Gasteiger partial charge on any atom is -0.375 e. The number of amides is 1. The van der Waals surface area contributed by atoms with E-state index >= 15 is 0 Å². The number of alkyl halides is 3. The molecule has 0 saturated carbocycles. The van der Waals surface area contributed by atoms with Crippen LogP contribution in [0, 0.1) is 0 Å². The largest absolute Gasteiger partial charge is 0.389 e. The van der Waals surface area contributed by atoms with Crippen LogP contribution in [0.25, 0.3) is 0 Å². The van der Waals surface area contributed by atoms with Crippen LogP contribution in [-0.4, -0.2) is 23.6 Å². The van der Waals surface area contributed by atoms with Gasteiger partial charge >= 0.3 is 6.18 Å². The SMILES string of the molecule is Nc1nc(C(=O)NCCCCC(F)(F)F)cs1. The summed E-state index contributed by atoms with van der Waals surface area (Å²) < 4.78 is 35.4. The Morgan fingerprint density at radius 2 is 2.18 bits per heavy atom. The Balaban J connectivity index is 2.17. The fraction of sp³-hybridized carbons (Fsp3) is 0.556. The minimum absolute atomic E-state index is 0.00296. The molecule has 0 saturated heterocycles. The van der Waals surface area contributed by atoms with E-state index in [2.05, 4.69) is 10.3 Å². The lowest BCUT2D eigenvalue weighted by Crippen LogP contribution is -2.25. The van der Waals surface area contributed by atoms with Gasteiger partial charge in [0.15, 0.2) is 5.13 Å². The second-order valence-corrected chi connectivity index (χ2v) is 4.29. The zero-order valence-corrected chi connectivity index (χ0v) is 9.70. The van der Waals surface area contributed by atoms with Gasteiger partial charge in [-0.25, -0.2) is 4.98 Å². The summed E-state index contributed by atoms with van der Waals surface area (Å²) in [5, 5.41) is 4.27. The summed E-state index contributed by atoms with van der Waals surface area (Å²) in [6, 6.07) is 0. The first kappa shape index (κ1) is 13.8. The van der Waals surface area contributed by atoms with Crippen molar-refractivity contribution in [2.45, 2.75) is 25.4 Å². The van der Waals surface area contributed by atoms with Crippen LogP contribution in [0.15, 0.2) is 5.38 Å². The van der Waals surface area contributed by atoms with Gasteiger partial charge in [-0.2, -0.15) is 13.2 Å². The number of thiazole rings is 1. The molecule has 0 spiro atoms. The van der Waals surface area contributed by atoms with Crippen molar-refractivity contribution in [3.8, 4) is 0 Å². The van der Waals surface area contributed by atoms with Gasteiger partial charge in [0, 0.05) is 18.3 Å². The fourth-order valence-electron chi connectivity index (χ4n) is 1.13. The van der Waals surface area contributed by atoms with Gasteiger partial charge in [-0.1, -0.05) is 0 Å². The molecule has 17 heavy (non-hydrogen) atoms. The average Bonchev–Trinajstić information content (AvgIpc) is 2.62. The monoisotopic (exact) mass is 267 g/mol. The van der Waals surface area contributed by atoms with Crippen LogP contribution in [0.2, 0.25) is 0 Å². The minimum atomic E-state index is -4.13. The molecule has 0 atom stereocenters. The lowest BCUT2D eigenvalue weighted by molar-refractivity contribution is -0.135. The van der Waals surface area contributed by atoms with E-state index in [9.17, 15) is 18.0 Å². The quantitative estimate of drug-likeness (QED) is 0.803. The van der Waals surface area contributed by atoms with E-state index in [1.807, 2.05) is 0 Å². The number of rotatable bonds is 5. The van der Waals surface area contributed by atoms with E-state index in [1.165, 1.54) is 5.38 Å². The van der Waals surface area contributed by atoms with E-state index in [-0.39, 0.29) is 30.2 Å². The Morgan fingerprint density at radius 1 is 1.47 bits per heavy atom. The van der Waals surface area contributed by atoms with Gasteiger partial charge in [-0.05, 0) is 12.8 Å². The van der Waals surface area contributed by atoms with Crippen molar-refractivity contribution >= 4 is 22.4 Å². The number of nitrogens with zero attached hydrogens (tertiary/aromatic N) is 1. The third-order valence-electron chi connectivity index (χ3n) is 1.93. The third kappa shape index (κ3) is 5.53. The van der Waals surface area contributed by atoms with Crippen molar-refractivity contribution < 1.29 is 18.0 Å². The molecule has 0 aliphatic carbocycles. The van der Waals surface area contributed by atoms with Gasteiger partial charge < -0.3 is 11.1 Å². The van der Waals surface area contributed by atoms with Crippen LogP contribution < -0.4 is 11.1 Å². The Kier molecular flexibility index (Phi) is 4.73. The summed E-state index contributed by atoms with van der Waals surface area (Å²) in [6.07, 6.45) is -4.67. The summed E-state index contributed by atoms with van der Waals surface area (Å²) in [5.74, 6) is -0.412. The van der Waals surface area contributed by atoms with Crippen LogP contribution in [0.3, 0.4) is 0 Å². The summed E-state index contributed by atoms with van der Waals surface area (Å²) in [4.78, 5) is 15.1. The molecule has 4 nitrogen and oxygen atoms in total. The molecule has 1 heterocycles. The topological polar surface area (TPSA) is 68.0 Å². The zero-order chi connectivity index (χ0) is 12.9. The van der Waals surface area contributed by atoms with Crippen LogP contribution >= 0.6 is 11.3 Å². The first-order valence-corrected chi connectivity index (χ1v) is 5.82. The number of halogens is 3. The number of hydrogen-bond donors (Lipinski definition) is 2. The number of nitrogens with two attached hydrogens (primary N) is 1. The average molecular weight is 267 g/mol. The molecule has 3 N–H and O–H groups in total. The highest BCUT2D eigenvalue weighted by molar-refractivity contribution is 7.13. The number of aromatic nitrogens is 1. The van der Waals surface area contributed by atoms with Crippen molar-refractivity contribution in [2.24, 2.45) is 0 Å². The molecule has 0 unspecified atom stereocenters. The fourth-order valence-corrected chi connectivity index (χ4v) is 1.68. The second kappa shape index (κ2) is 5.85. The summed E-state index contributed by atoms with van der Waals surface area (Å²) in [6.45, 7) is 0.201. The first-order chi connectivity index (χ1) is 7.88. The molecule has 0 bridgehead atoms. The standard InChI is InChI=1S/C9H12F3N3OS/c10-9(11,12)3-1-2-4-14-7(16)6-5-17-8(13)15-6/h5H,1-4H2,(H2,13,15)(H,14,16). The number of unbranched alkanes of at least 4 members (excludes halogenated alkanes) is 1. The van der Waals surface area contributed by atoms with Crippen LogP contribution in [0.4, 0.5) is 18.3 Å². The van der Waals surface area contributed by atoms with Crippen molar-refractivity contribution in [1.82, 2.24) is 10.3 Å². The van der Waals surface area contributed by atoms with Gasteiger partial charge in [0.1, 0.15) is 5.69 Å². The maximum atomic E-state index is 11.8. The molecular formula is C9H12F3N3OS. The molecule has 0 aromatic carbocycles. The molecule has 0 fully saturated rings. The van der Waals surface area contributed by atoms with Crippen molar-refractivity contribution in [3.05, 3.63) is 11.1 Å². The van der Waals surface area contributed by atoms with Crippen LogP contribution in [0.1, 0.15) is 29.8 Å². The van der Waals surface area contributed by atoms with E-state index in [0.29, 0.717) is 0 Å². The number of nitrogens with one attached hydrogen (secondary N) is 1. The maximum Gasteiger partial charge on any atom is 0.389 e. The summed E-state index contributed by atoms with van der Waals surface area (Å²) >= 11 is 1.14. The van der Waals surface area contributed by atoms with Crippen molar-refractivity contribution in [1.29, 1.82) is 0 Å². The van der Waals surface area contributed by atoms with Crippen molar-refractivity contribution in [2.75, 3.05) is 12.3 Å². The van der Waals surface area contributed by atoms with Gasteiger partial charge in [-0.3, -0.25) is 4.79 Å². The number of hydrogen-bond acceptors (Lipinski definition) is 4. The van der Waals surface area contributed by atoms with Gasteiger partial charge in [0.2, 0.25) is 0 Å². The predicted molar refractivity (Wildman–Crippen MR) is 58.8 cm³/mol. The highest BCUT2D eigenvalue weighted by Gasteiger charge is 2.25. The molecule has 96 valence electrons. The Bertz CT molecular complexity index is 378. The molecule has 0 aliphatic rings. The molecular weight excluding hydrogens is 255 g/mol. The lowest BCUT2D eigenvalue weighted by atomic mass is 10.2. The highest BCUT2D eigenvalue weighted by atomic mass is 32.1. The van der Waals surface area contributed by atoms with E-state index < -0.39 is 18.5 Å². The summed E-state index contributed by atoms with van der Waals surface area (Å²) in [5.41, 5.74) is 5.54. The Hall–Kier alpha value is -1.31. The van der Waals surface area contributed by atoms with E-state index in [4.69, 9.17) is 5.73 Å². The van der Waals surface area contributed by atoms with Crippen LogP contribution in [0.5, 0.6) is 0 Å². The van der Waals surface area contributed by atoms with Gasteiger partial charge in [0.05, 0.1) is 0 Å². The molecule has 8 heteroatoms. The van der Waals surface area contributed by atoms with E-state index in [0.717, 1.165) is 11.3 Å². The first-order valence-electron chi connectivity index (χ1n) is 4.94. The smallest absolute Gasteiger partial charge is 0.375 e. The molecule has 1 amide bonds. The summed E-state index contributed by atoms with van der Waals surface area (Å²) in [7, 11) is 0. The molecule has 1 aromatic rings. The normalized spacial score (nSPS) is 11.5. The number of carbonyl (C=O) groups is 1. The highest BCUT2D eigenvalue weighted by Crippen LogP contribution is 2.21. The lowest BCUT2D eigenvalue weighted by Gasteiger charge is -2.06. The van der Waals surface area contributed by atoms with Gasteiger partial charge in [-0.15, -0.1) is 11.3 Å². The zero-order valence-electron chi connectivity index (χ0n) is 8.88. The molecule has 0 aliphatic heterocycles. The molecule has 1 rings (SSSR count). The van der Waals surface area contributed by atoms with Gasteiger partial charge in [0.25, 0.3) is 5.91 Å². The second-order valence-electron chi connectivity index (χ2n) is 3.40. The number of carbonyl (C=O) groups excluding carboxylic acids is 1. The van der Waals surface area contributed by atoms with E-state index in [1.54, 1.807) is 0 Å². The third-order valence-corrected chi connectivity index (χ3v) is 2.60. The Labute approximate surface area is 100 Å². The number of nitrogen functional groups attached to an aromatic ring is 1. The van der Waals surface area contributed by atoms with Crippen molar-refractivity contribution in [3.63, 3.8) is 0 Å². The molecule has 0 radical (unpaired) electrons. The number of anilines is 1.